The smallest absolute Gasteiger partial charge is 0.326 e. The van der Waals surface area contributed by atoms with E-state index >= 15 is 0 Å². The van der Waals surface area contributed by atoms with Gasteiger partial charge < -0.3 is 30.9 Å². The largest absolute Gasteiger partial charge is 0.481 e. The molecule has 0 aromatic heterocycles. The summed E-state index contributed by atoms with van der Waals surface area (Å²) >= 11 is 0. The molecule has 0 aliphatic rings. The van der Waals surface area contributed by atoms with Crippen LogP contribution in [0.25, 0.3) is 10.4 Å². The Morgan fingerprint density at radius 1 is 1.06 bits per heavy atom. The minimum Gasteiger partial charge on any atom is -0.481 e. The highest BCUT2D eigenvalue weighted by Gasteiger charge is 2.27. The average molecular weight is 478 g/mol. The van der Waals surface area contributed by atoms with E-state index in [4.69, 9.17) is 15.7 Å². The molecule has 0 radical (unpaired) electrons. The molecule has 1 aromatic carbocycles. The molecular weight excluding hydrogens is 452 g/mol. The van der Waals surface area contributed by atoms with Gasteiger partial charge >= 0.3 is 23.9 Å². The Labute approximate surface area is 194 Å². The lowest BCUT2D eigenvalue weighted by molar-refractivity contribution is -0.141. The van der Waals surface area contributed by atoms with E-state index in [0.717, 1.165) is 4.90 Å². The fourth-order valence-electron chi connectivity index (χ4n) is 2.84. The number of hydrogen-bond donors (Lipinski definition) is 5. The highest BCUT2D eigenvalue weighted by atomic mass is 16.4. The van der Waals surface area contributed by atoms with Crippen molar-refractivity contribution in [3.63, 3.8) is 0 Å². The van der Waals surface area contributed by atoms with Crippen LogP contribution in [0.15, 0.2) is 29.4 Å². The van der Waals surface area contributed by atoms with Crippen LogP contribution in [0, 0.1) is 0 Å². The highest BCUT2D eigenvalue weighted by molar-refractivity contribution is 5.90. The zero-order valence-electron chi connectivity index (χ0n) is 18.4. The average Bonchev–Trinajstić information content (AvgIpc) is 2.77. The fraction of sp³-hybridized carbons (Fsp3) is 0.450. The first kappa shape index (κ1) is 27.7. The normalized spacial score (nSPS) is 11.9. The maximum absolute atomic E-state index is 12.3. The molecule has 34 heavy (non-hydrogen) atoms. The first-order chi connectivity index (χ1) is 16.0. The first-order valence-electron chi connectivity index (χ1n) is 10.1. The van der Waals surface area contributed by atoms with Crippen molar-refractivity contribution in [1.29, 1.82) is 0 Å². The Hall–Kier alpha value is -4.32. The number of nitrogens with one attached hydrogen (secondary N) is 2. The third-order valence-electron chi connectivity index (χ3n) is 4.67. The molecular formula is C20H26N6O8. The Morgan fingerprint density at radius 3 is 2.24 bits per heavy atom. The van der Waals surface area contributed by atoms with Gasteiger partial charge in [0.25, 0.3) is 0 Å². The number of urea groups is 1. The van der Waals surface area contributed by atoms with E-state index in [1.54, 1.807) is 0 Å². The van der Waals surface area contributed by atoms with Crippen LogP contribution in [0.4, 0.5) is 10.5 Å². The van der Waals surface area contributed by atoms with Crippen molar-refractivity contribution >= 4 is 35.5 Å². The molecule has 1 aromatic rings. The topological polar surface area (TPSA) is 222 Å². The maximum atomic E-state index is 12.3. The van der Waals surface area contributed by atoms with E-state index in [-0.39, 0.29) is 31.8 Å². The number of carbonyl (C=O) groups excluding carboxylic acids is 2. The minimum absolute atomic E-state index is 0.141. The second-order valence-electron chi connectivity index (χ2n) is 7.27. The summed E-state index contributed by atoms with van der Waals surface area (Å²) < 4.78 is 0. The summed E-state index contributed by atoms with van der Waals surface area (Å²) in [4.78, 5) is 61.5. The molecule has 2 atom stereocenters. The van der Waals surface area contributed by atoms with Gasteiger partial charge in [-0.25, -0.2) is 9.59 Å². The number of carboxylic acids is 3. The quantitative estimate of drug-likeness (QED) is 0.114. The molecule has 14 heteroatoms. The summed E-state index contributed by atoms with van der Waals surface area (Å²) in [5.74, 6) is -5.30. The Kier molecular flexibility index (Phi) is 11.4. The van der Waals surface area contributed by atoms with Crippen LogP contribution in [-0.2, 0) is 19.2 Å². The van der Waals surface area contributed by atoms with Gasteiger partial charge in [0.2, 0.25) is 5.91 Å². The van der Waals surface area contributed by atoms with Crippen molar-refractivity contribution < 1.29 is 39.3 Å². The molecule has 0 spiro atoms. The van der Waals surface area contributed by atoms with Gasteiger partial charge in [0.05, 0.1) is 5.92 Å². The Morgan fingerprint density at radius 2 is 1.71 bits per heavy atom. The van der Waals surface area contributed by atoms with Gasteiger partial charge in [-0.15, -0.1) is 0 Å². The van der Waals surface area contributed by atoms with E-state index in [1.165, 1.54) is 31.3 Å². The number of benzene rings is 1. The molecule has 0 saturated carbocycles. The minimum atomic E-state index is -1.44. The van der Waals surface area contributed by atoms with Gasteiger partial charge in [-0.1, -0.05) is 17.2 Å². The lowest BCUT2D eigenvalue weighted by Gasteiger charge is -2.24. The van der Waals surface area contributed by atoms with Gasteiger partial charge in [-0.05, 0) is 36.1 Å². The molecule has 1 rings (SSSR count). The molecule has 0 heterocycles. The van der Waals surface area contributed by atoms with E-state index in [0.29, 0.717) is 17.7 Å². The van der Waals surface area contributed by atoms with Gasteiger partial charge in [-0.2, -0.15) is 0 Å². The number of carboxylic acid groups (broad SMARTS) is 3. The molecule has 0 fully saturated rings. The molecule has 0 saturated heterocycles. The lowest BCUT2D eigenvalue weighted by atomic mass is 9.98. The number of hydrogen-bond acceptors (Lipinski definition) is 6. The Balaban J connectivity index is 2.76. The number of likely N-dealkylation sites (N-methyl/N-ethyl adjacent to an activating group) is 1. The molecule has 14 nitrogen and oxygen atoms in total. The molecule has 184 valence electrons. The van der Waals surface area contributed by atoms with Crippen LogP contribution in [0.5, 0.6) is 0 Å². The van der Waals surface area contributed by atoms with Crippen molar-refractivity contribution in [2.24, 2.45) is 5.11 Å². The first-order valence-corrected chi connectivity index (χ1v) is 10.1. The predicted octanol–water partition coefficient (Wildman–Crippen LogP) is 1.84. The van der Waals surface area contributed by atoms with Crippen LogP contribution in [0.2, 0.25) is 0 Å². The van der Waals surface area contributed by atoms with Crippen molar-refractivity contribution in [1.82, 2.24) is 10.2 Å². The highest BCUT2D eigenvalue weighted by Crippen LogP contribution is 2.20. The zero-order chi connectivity index (χ0) is 25.7. The van der Waals surface area contributed by atoms with Gasteiger partial charge in [0.15, 0.2) is 0 Å². The third kappa shape index (κ3) is 9.87. The zero-order valence-corrected chi connectivity index (χ0v) is 18.4. The molecule has 0 aliphatic carbocycles. The predicted molar refractivity (Wildman–Crippen MR) is 118 cm³/mol. The number of amides is 3. The second-order valence-corrected chi connectivity index (χ2v) is 7.27. The van der Waals surface area contributed by atoms with Crippen LogP contribution in [-0.4, -0.2) is 76.2 Å². The van der Waals surface area contributed by atoms with Crippen molar-refractivity contribution in [3.8, 4) is 0 Å². The number of rotatable bonds is 14. The lowest BCUT2D eigenvalue weighted by Crippen LogP contribution is -2.48. The summed E-state index contributed by atoms with van der Waals surface area (Å²) in [7, 11) is 1.28. The second kappa shape index (κ2) is 14.0. The summed E-state index contributed by atoms with van der Waals surface area (Å²) in [6, 6.07) is 3.66. The fourth-order valence-corrected chi connectivity index (χ4v) is 2.84. The molecule has 5 N–H and O–H groups in total. The van der Waals surface area contributed by atoms with Crippen LogP contribution in [0.1, 0.15) is 37.2 Å². The van der Waals surface area contributed by atoms with Crippen molar-refractivity contribution in [2.75, 3.05) is 25.5 Å². The maximum Gasteiger partial charge on any atom is 0.326 e. The third-order valence-corrected chi connectivity index (χ3v) is 4.67. The van der Waals surface area contributed by atoms with Crippen molar-refractivity contribution in [2.45, 2.75) is 37.6 Å². The molecule has 0 aliphatic heterocycles. The summed E-state index contributed by atoms with van der Waals surface area (Å²) in [6.45, 7) is -0.103. The Bertz CT molecular complexity index is 945. The molecule has 0 unspecified atom stereocenters. The van der Waals surface area contributed by atoms with Gasteiger partial charge in [0, 0.05) is 43.6 Å². The van der Waals surface area contributed by atoms with E-state index in [1.807, 2.05) is 0 Å². The molecule has 3 amide bonds. The van der Waals surface area contributed by atoms with Gasteiger partial charge in [-0.3, -0.25) is 14.4 Å². The van der Waals surface area contributed by atoms with E-state index in [2.05, 4.69) is 20.7 Å². The number of nitrogens with zero attached hydrogens (tertiary/aromatic N) is 4. The van der Waals surface area contributed by atoms with Crippen LogP contribution in [0.3, 0.4) is 0 Å². The number of azide groups is 1. The summed E-state index contributed by atoms with van der Waals surface area (Å²) in [5.41, 5.74) is 8.98. The number of anilines is 1. The van der Waals surface area contributed by atoms with E-state index < -0.39 is 42.3 Å². The summed E-state index contributed by atoms with van der Waals surface area (Å²) in [6.07, 6.45) is -0.272. The van der Waals surface area contributed by atoms with Crippen molar-refractivity contribution in [3.05, 3.63) is 40.3 Å². The molecule has 0 bridgehead atoms. The monoisotopic (exact) mass is 478 g/mol. The number of carbonyl (C=O) groups is 5. The number of aliphatic carboxylic acids is 3. The summed E-state index contributed by atoms with van der Waals surface area (Å²) in [5, 5.41) is 35.6. The van der Waals surface area contributed by atoms with Crippen LogP contribution < -0.4 is 10.6 Å². The van der Waals surface area contributed by atoms with E-state index in [9.17, 15) is 29.1 Å². The SMILES string of the molecule is CN(C[C@H](C(=O)O)c1ccc(NC(=O)CCCN=[N+]=[N-])cc1)C(=O)N[C@@H](CCC(=O)O)C(=O)O. The van der Waals surface area contributed by atoms with Crippen LogP contribution >= 0.6 is 0 Å². The van der Waals surface area contributed by atoms with Gasteiger partial charge in [0.1, 0.15) is 6.04 Å². The standard InChI is InChI=1S/C20H26N6O8/c1-26(20(34)24-15(19(32)33)8-9-17(28)29)11-14(18(30)31)12-4-6-13(7-5-12)23-16(27)3-2-10-22-25-21/h4-7,14-15H,2-3,8-11H2,1H3,(H,23,27)(H,24,34)(H,28,29)(H,30,31)(H,32,33)/t14-,15-/m0/s1.